The molecule has 0 aliphatic rings. The van der Waals surface area contributed by atoms with Crippen molar-refractivity contribution in [2.75, 3.05) is 0 Å². The summed E-state index contributed by atoms with van der Waals surface area (Å²) in [6, 6.07) is 16.9. The van der Waals surface area contributed by atoms with Crippen LogP contribution in [-0.4, -0.2) is 22.2 Å². The number of hydrazone groups is 1. The molecule has 8 heteroatoms. The molecular formula is C20H13N3O5. The van der Waals surface area contributed by atoms with Gasteiger partial charge in [0.2, 0.25) is 0 Å². The number of nitro benzene ring substituents is 1. The Hall–Kier alpha value is -4.20. The number of phenolic OH excluding ortho intramolecular Hbond substituents is 1. The highest BCUT2D eigenvalue weighted by molar-refractivity contribution is 6.08. The van der Waals surface area contributed by atoms with Crippen molar-refractivity contribution in [1.29, 1.82) is 0 Å². The van der Waals surface area contributed by atoms with Crippen molar-refractivity contribution in [3.63, 3.8) is 0 Å². The van der Waals surface area contributed by atoms with E-state index >= 15 is 0 Å². The van der Waals surface area contributed by atoms with Gasteiger partial charge in [-0.05, 0) is 35.0 Å². The average molecular weight is 375 g/mol. The number of hydrogen-bond donors (Lipinski definition) is 2. The first-order valence-corrected chi connectivity index (χ1v) is 8.25. The number of benzene rings is 3. The largest absolute Gasteiger partial charge is 0.502 e. The molecule has 4 aromatic rings. The summed E-state index contributed by atoms with van der Waals surface area (Å²) >= 11 is 0. The van der Waals surface area contributed by atoms with Gasteiger partial charge < -0.3 is 9.52 Å². The zero-order valence-corrected chi connectivity index (χ0v) is 14.3. The van der Waals surface area contributed by atoms with E-state index in [0.717, 1.165) is 22.2 Å². The molecule has 0 aliphatic heterocycles. The molecule has 1 heterocycles. The molecule has 0 aliphatic carbocycles. The minimum absolute atomic E-state index is 0.0974. The van der Waals surface area contributed by atoms with Gasteiger partial charge in [-0.25, -0.2) is 5.43 Å². The van der Waals surface area contributed by atoms with Crippen molar-refractivity contribution in [3.05, 3.63) is 82.1 Å². The van der Waals surface area contributed by atoms with Crippen molar-refractivity contribution in [2.45, 2.75) is 0 Å². The van der Waals surface area contributed by atoms with Crippen LogP contribution >= 0.6 is 0 Å². The summed E-state index contributed by atoms with van der Waals surface area (Å²) in [5.41, 5.74) is 2.81. The lowest BCUT2D eigenvalue weighted by Gasteiger charge is -1.98. The van der Waals surface area contributed by atoms with E-state index in [1.165, 1.54) is 18.3 Å². The molecule has 0 spiro atoms. The van der Waals surface area contributed by atoms with Crippen LogP contribution in [0.2, 0.25) is 0 Å². The fraction of sp³-hybridized carbons (Fsp3) is 0. The summed E-state index contributed by atoms with van der Waals surface area (Å²) in [5.74, 6) is -0.898. The number of fused-ring (bicyclic) bond motifs is 3. The number of nitrogens with zero attached hydrogens (tertiary/aromatic N) is 2. The molecule has 4 rings (SSSR count). The summed E-state index contributed by atoms with van der Waals surface area (Å²) in [7, 11) is 0. The lowest BCUT2D eigenvalue weighted by Crippen LogP contribution is -2.16. The van der Waals surface area contributed by atoms with Gasteiger partial charge in [0.05, 0.1) is 11.1 Å². The normalized spacial score (nSPS) is 11.3. The van der Waals surface area contributed by atoms with Gasteiger partial charge >= 0.3 is 11.6 Å². The quantitative estimate of drug-likeness (QED) is 0.318. The van der Waals surface area contributed by atoms with Gasteiger partial charge in [-0.1, -0.05) is 30.3 Å². The Morgan fingerprint density at radius 3 is 2.75 bits per heavy atom. The molecule has 0 fully saturated rings. The van der Waals surface area contributed by atoms with Crippen LogP contribution < -0.4 is 5.43 Å². The minimum Gasteiger partial charge on any atom is -0.502 e. The molecule has 0 unspecified atom stereocenters. The summed E-state index contributed by atoms with van der Waals surface area (Å²) < 4.78 is 5.60. The number of nitro groups is 1. The highest BCUT2D eigenvalue weighted by atomic mass is 16.6. The Labute approximate surface area is 157 Å². The Balaban J connectivity index is 1.56. The number of aromatic hydroxyl groups is 1. The first kappa shape index (κ1) is 17.2. The maximum Gasteiger partial charge on any atom is 0.311 e. The first-order chi connectivity index (χ1) is 13.5. The van der Waals surface area contributed by atoms with Crippen molar-refractivity contribution in [1.82, 2.24) is 5.43 Å². The molecule has 138 valence electrons. The van der Waals surface area contributed by atoms with E-state index in [2.05, 4.69) is 10.5 Å². The van der Waals surface area contributed by atoms with Crippen LogP contribution in [0.15, 0.2) is 70.2 Å². The van der Waals surface area contributed by atoms with Crippen molar-refractivity contribution in [2.24, 2.45) is 5.10 Å². The second-order valence-electron chi connectivity index (χ2n) is 6.01. The van der Waals surface area contributed by atoms with Crippen molar-refractivity contribution < 1.29 is 19.2 Å². The Morgan fingerprint density at radius 2 is 1.93 bits per heavy atom. The second-order valence-corrected chi connectivity index (χ2v) is 6.01. The number of hydrogen-bond acceptors (Lipinski definition) is 6. The molecule has 28 heavy (non-hydrogen) atoms. The summed E-state index contributed by atoms with van der Waals surface area (Å²) in [5, 5.41) is 26.9. The van der Waals surface area contributed by atoms with E-state index in [9.17, 15) is 20.0 Å². The average Bonchev–Trinajstić information content (AvgIpc) is 3.14. The van der Waals surface area contributed by atoms with Crippen LogP contribution in [0.4, 0.5) is 5.69 Å². The van der Waals surface area contributed by atoms with Crippen molar-refractivity contribution in [3.8, 4) is 5.75 Å². The molecule has 0 radical (unpaired) electrons. The summed E-state index contributed by atoms with van der Waals surface area (Å²) in [4.78, 5) is 22.4. The van der Waals surface area contributed by atoms with Gasteiger partial charge in [0.1, 0.15) is 5.58 Å². The van der Waals surface area contributed by atoms with E-state index in [4.69, 9.17) is 4.42 Å². The van der Waals surface area contributed by atoms with E-state index in [0.29, 0.717) is 11.1 Å². The fourth-order valence-corrected chi connectivity index (χ4v) is 2.89. The van der Waals surface area contributed by atoms with Gasteiger partial charge in [-0.15, -0.1) is 0 Å². The van der Waals surface area contributed by atoms with E-state index in [-0.39, 0.29) is 5.76 Å². The topological polar surface area (TPSA) is 118 Å². The molecule has 0 atom stereocenters. The number of nitrogens with one attached hydrogen (secondary N) is 1. The van der Waals surface area contributed by atoms with Gasteiger partial charge in [-0.3, -0.25) is 14.9 Å². The highest BCUT2D eigenvalue weighted by Crippen LogP contribution is 2.28. The number of carbonyl (C=O) groups is 1. The van der Waals surface area contributed by atoms with Crippen LogP contribution in [0.1, 0.15) is 16.1 Å². The van der Waals surface area contributed by atoms with Crippen LogP contribution in [-0.2, 0) is 0 Å². The predicted molar refractivity (Wildman–Crippen MR) is 104 cm³/mol. The van der Waals surface area contributed by atoms with Crippen LogP contribution in [0.3, 0.4) is 0 Å². The van der Waals surface area contributed by atoms with Gasteiger partial charge in [0, 0.05) is 17.0 Å². The number of phenols is 1. The van der Waals surface area contributed by atoms with Crippen LogP contribution in [0.5, 0.6) is 5.75 Å². The maximum atomic E-state index is 12.3. The lowest BCUT2D eigenvalue weighted by atomic mass is 10.1. The van der Waals surface area contributed by atoms with Gasteiger partial charge in [0.15, 0.2) is 11.5 Å². The molecule has 8 nitrogen and oxygen atoms in total. The molecule has 1 aromatic heterocycles. The Morgan fingerprint density at radius 1 is 1.11 bits per heavy atom. The number of amides is 1. The zero-order chi connectivity index (χ0) is 19.7. The van der Waals surface area contributed by atoms with Crippen LogP contribution in [0.25, 0.3) is 21.7 Å². The first-order valence-electron chi connectivity index (χ1n) is 8.25. The maximum absolute atomic E-state index is 12.3. The van der Waals surface area contributed by atoms with Gasteiger partial charge in [0.25, 0.3) is 0 Å². The fourth-order valence-electron chi connectivity index (χ4n) is 2.89. The molecule has 3 aromatic carbocycles. The molecular weight excluding hydrogens is 362 g/mol. The monoisotopic (exact) mass is 375 g/mol. The molecule has 1 amide bonds. The molecule has 0 saturated carbocycles. The van der Waals surface area contributed by atoms with E-state index in [1.807, 2.05) is 30.3 Å². The third-order valence-electron chi connectivity index (χ3n) is 4.23. The van der Waals surface area contributed by atoms with Crippen LogP contribution in [0, 0.1) is 10.1 Å². The zero-order valence-electron chi connectivity index (χ0n) is 14.3. The minimum atomic E-state index is -0.704. The Bertz CT molecular complexity index is 1260. The van der Waals surface area contributed by atoms with Gasteiger partial charge in [-0.2, -0.15) is 5.10 Å². The summed E-state index contributed by atoms with van der Waals surface area (Å²) in [6.45, 7) is 0. The standard InChI is InChI=1S/C20H13N3O5/c24-17-7-5-12(9-16(17)23(26)27)11-21-22-20(25)19-10-15-14-4-2-1-3-13(14)6-8-18(15)28-19/h1-11,24H,(H,22,25). The summed E-state index contributed by atoms with van der Waals surface area (Å²) in [6.07, 6.45) is 1.24. The van der Waals surface area contributed by atoms with Crippen molar-refractivity contribution >= 4 is 39.6 Å². The smallest absolute Gasteiger partial charge is 0.311 e. The number of furan rings is 1. The highest BCUT2D eigenvalue weighted by Gasteiger charge is 2.14. The number of carbonyl (C=O) groups excluding carboxylic acids is 1. The third kappa shape index (κ3) is 3.14. The molecule has 2 N–H and O–H groups in total. The third-order valence-corrected chi connectivity index (χ3v) is 4.23. The number of rotatable bonds is 4. The predicted octanol–water partition coefficient (Wildman–Crippen LogP) is 3.96. The SMILES string of the molecule is O=C(NN=Cc1ccc(O)c([N+](=O)[O-])c1)c1cc2c(ccc3ccccc32)o1. The van der Waals surface area contributed by atoms with E-state index in [1.54, 1.807) is 12.1 Å². The molecule has 0 saturated heterocycles. The second kappa shape index (κ2) is 6.84. The van der Waals surface area contributed by atoms with E-state index < -0.39 is 22.3 Å². The Kier molecular flexibility index (Phi) is 4.21. The lowest BCUT2D eigenvalue weighted by molar-refractivity contribution is -0.385. The molecule has 0 bridgehead atoms.